The summed E-state index contributed by atoms with van der Waals surface area (Å²) in [5, 5.41) is 0. The van der Waals surface area contributed by atoms with Crippen molar-refractivity contribution in [3.05, 3.63) is 0 Å². The van der Waals surface area contributed by atoms with E-state index in [1.54, 1.807) is 6.92 Å². The second kappa shape index (κ2) is 4.52. The molecule has 0 aliphatic carbocycles. The van der Waals surface area contributed by atoms with E-state index in [2.05, 4.69) is 9.47 Å². The number of halogens is 2. The van der Waals surface area contributed by atoms with Crippen molar-refractivity contribution in [2.45, 2.75) is 11.3 Å². The number of carbonyl (C=O) groups excluding carboxylic acids is 2. The molecule has 0 N–H and O–H groups in total. The highest BCUT2D eigenvalue weighted by molar-refractivity contribution is 6.66. The van der Waals surface area contributed by atoms with Gasteiger partial charge in [0.1, 0.15) is 0 Å². The Morgan fingerprint density at radius 2 is 1.83 bits per heavy atom. The lowest BCUT2D eigenvalue weighted by Crippen LogP contribution is -2.38. The van der Waals surface area contributed by atoms with Crippen molar-refractivity contribution in [1.29, 1.82) is 0 Å². The zero-order valence-electron chi connectivity index (χ0n) is 6.60. The first kappa shape index (κ1) is 11.5. The summed E-state index contributed by atoms with van der Waals surface area (Å²) in [4.78, 5) is 21.6. The first-order valence-electron chi connectivity index (χ1n) is 3.10. The van der Waals surface area contributed by atoms with Gasteiger partial charge in [0.25, 0.3) is 0 Å². The third-order valence-electron chi connectivity index (χ3n) is 0.974. The zero-order valence-corrected chi connectivity index (χ0v) is 8.11. The van der Waals surface area contributed by atoms with E-state index in [0.717, 1.165) is 7.11 Å². The minimum atomic E-state index is -2.26. The fraction of sp³-hybridized carbons (Fsp3) is 0.667. The molecule has 0 aliphatic heterocycles. The second-order valence-electron chi connectivity index (χ2n) is 1.79. The van der Waals surface area contributed by atoms with Gasteiger partial charge in [-0.05, 0) is 6.92 Å². The summed E-state index contributed by atoms with van der Waals surface area (Å²) in [6.45, 7) is 1.66. The average Bonchev–Trinajstić information content (AvgIpc) is 2.03. The maximum atomic E-state index is 10.9. The number of methoxy groups -OCH3 is 1. The van der Waals surface area contributed by atoms with E-state index in [4.69, 9.17) is 23.2 Å². The fourth-order valence-corrected chi connectivity index (χ4v) is 0.697. The van der Waals surface area contributed by atoms with Crippen LogP contribution in [0.2, 0.25) is 0 Å². The van der Waals surface area contributed by atoms with E-state index in [0.29, 0.717) is 0 Å². The quantitative estimate of drug-likeness (QED) is 0.398. The normalized spacial score (nSPS) is 10.7. The molecule has 0 aliphatic rings. The van der Waals surface area contributed by atoms with Crippen molar-refractivity contribution in [2.24, 2.45) is 0 Å². The molecule has 0 amide bonds. The predicted molar refractivity (Wildman–Crippen MR) is 43.1 cm³/mol. The molecule has 0 fully saturated rings. The Morgan fingerprint density at radius 1 is 1.33 bits per heavy atom. The molecule has 0 atom stereocenters. The third-order valence-corrected chi connectivity index (χ3v) is 1.59. The minimum Gasteiger partial charge on any atom is -0.466 e. The standard InChI is InChI=1S/C6H8Cl2O4/c1-3-12-5(10)6(7,8)4(9)11-2/h3H2,1-2H3. The lowest BCUT2D eigenvalue weighted by atomic mass is 10.4. The van der Waals surface area contributed by atoms with Gasteiger partial charge in [-0.2, -0.15) is 0 Å². The SMILES string of the molecule is CCOC(=O)C(Cl)(Cl)C(=O)OC. The van der Waals surface area contributed by atoms with Crippen LogP contribution in [0.4, 0.5) is 0 Å². The second-order valence-corrected chi connectivity index (χ2v) is 3.11. The molecular formula is C6H8Cl2O4. The summed E-state index contributed by atoms with van der Waals surface area (Å²) < 4.78 is 6.35. The van der Waals surface area contributed by atoms with Gasteiger partial charge in [-0.3, -0.25) is 0 Å². The monoisotopic (exact) mass is 214 g/mol. The Hall–Kier alpha value is -0.480. The van der Waals surface area contributed by atoms with Gasteiger partial charge in [0.05, 0.1) is 13.7 Å². The van der Waals surface area contributed by atoms with Gasteiger partial charge in [-0.1, -0.05) is 23.2 Å². The highest BCUT2D eigenvalue weighted by Gasteiger charge is 2.45. The number of ether oxygens (including phenoxy) is 2. The van der Waals surface area contributed by atoms with Gasteiger partial charge in [-0.15, -0.1) is 0 Å². The van der Waals surface area contributed by atoms with E-state index in [1.165, 1.54) is 0 Å². The Balaban J connectivity index is 4.38. The topological polar surface area (TPSA) is 52.6 Å². The molecule has 0 radical (unpaired) electrons. The molecule has 0 aromatic rings. The van der Waals surface area contributed by atoms with E-state index >= 15 is 0 Å². The van der Waals surface area contributed by atoms with Crippen LogP contribution >= 0.6 is 23.2 Å². The molecule has 0 bridgehead atoms. The summed E-state index contributed by atoms with van der Waals surface area (Å²) in [7, 11) is 1.07. The number of rotatable bonds is 3. The Bertz CT molecular complexity index is 190. The third kappa shape index (κ3) is 2.53. The van der Waals surface area contributed by atoms with Crippen LogP contribution in [0.3, 0.4) is 0 Å². The molecule has 4 nitrogen and oxygen atoms in total. The fourth-order valence-electron chi connectivity index (χ4n) is 0.433. The number of esters is 2. The molecule has 0 rings (SSSR count). The molecule has 0 unspecified atom stereocenters. The lowest BCUT2D eigenvalue weighted by Gasteiger charge is -2.13. The lowest BCUT2D eigenvalue weighted by molar-refractivity contribution is -0.154. The minimum absolute atomic E-state index is 0.0943. The number of carbonyl (C=O) groups is 2. The summed E-state index contributed by atoms with van der Waals surface area (Å²) >= 11 is 10.7. The smallest absolute Gasteiger partial charge is 0.354 e. The van der Waals surface area contributed by atoms with Crippen molar-refractivity contribution >= 4 is 35.1 Å². The van der Waals surface area contributed by atoms with Gasteiger partial charge >= 0.3 is 16.3 Å². The van der Waals surface area contributed by atoms with E-state index in [1.807, 2.05) is 0 Å². The molecule has 70 valence electrons. The molecule has 6 heteroatoms. The van der Waals surface area contributed by atoms with Crippen molar-refractivity contribution < 1.29 is 19.1 Å². The van der Waals surface area contributed by atoms with Crippen LogP contribution in [0.25, 0.3) is 0 Å². The van der Waals surface area contributed by atoms with Crippen LogP contribution in [0.15, 0.2) is 0 Å². The number of hydrogen-bond donors (Lipinski definition) is 0. The molecule has 0 heterocycles. The summed E-state index contributed by atoms with van der Waals surface area (Å²) in [5.41, 5.74) is 0. The van der Waals surface area contributed by atoms with Gasteiger partial charge in [-0.25, -0.2) is 9.59 Å². The van der Waals surface area contributed by atoms with Crippen LogP contribution in [0, 0.1) is 0 Å². The maximum Gasteiger partial charge on any atom is 0.354 e. The molecule has 0 aromatic carbocycles. The van der Waals surface area contributed by atoms with Crippen molar-refractivity contribution in [1.82, 2.24) is 0 Å². The first-order valence-corrected chi connectivity index (χ1v) is 3.85. The van der Waals surface area contributed by atoms with Crippen LogP contribution in [0.5, 0.6) is 0 Å². The van der Waals surface area contributed by atoms with Gasteiger partial charge in [0.2, 0.25) is 0 Å². The van der Waals surface area contributed by atoms with Crippen molar-refractivity contribution in [3.63, 3.8) is 0 Å². The summed E-state index contributed by atoms with van der Waals surface area (Å²) in [6.07, 6.45) is 0. The molecule has 0 aromatic heterocycles. The van der Waals surface area contributed by atoms with Crippen molar-refractivity contribution in [2.75, 3.05) is 13.7 Å². The highest BCUT2D eigenvalue weighted by Crippen LogP contribution is 2.24. The van der Waals surface area contributed by atoms with Crippen LogP contribution < -0.4 is 0 Å². The molecule has 0 saturated carbocycles. The molecule has 12 heavy (non-hydrogen) atoms. The largest absolute Gasteiger partial charge is 0.466 e. The van der Waals surface area contributed by atoms with Crippen molar-refractivity contribution in [3.8, 4) is 0 Å². The van der Waals surface area contributed by atoms with Crippen LogP contribution in [0.1, 0.15) is 6.92 Å². The molecule has 0 spiro atoms. The summed E-state index contributed by atoms with van der Waals surface area (Å²) in [6, 6.07) is 0. The van der Waals surface area contributed by atoms with Gasteiger partial charge in [0, 0.05) is 0 Å². The Kier molecular flexibility index (Phi) is 4.34. The molecular weight excluding hydrogens is 207 g/mol. The molecule has 0 saturated heterocycles. The zero-order chi connectivity index (χ0) is 9.78. The van der Waals surface area contributed by atoms with Crippen LogP contribution in [-0.4, -0.2) is 30.0 Å². The van der Waals surface area contributed by atoms with Gasteiger partial charge in [0.15, 0.2) is 0 Å². The first-order chi connectivity index (χ1) is 5.46. The maximum absolute atomic E-state index is 10.9. The predicted octanol–water partition coefficient (Wildman–Crippen LogP) is 0.896. The van der Waals surface area contributed by atoms with E-state index in [-0.39, 0.29) is 6.61 Å². The Labute approximate surface area is 79.7 Å². The average molecular weight is 215 g/mol. The summed E-state index contributed by atoms with van der Waals surface area (Å²) in [5.74, 6) is -2.08. The number of alkyl halides is 2. The van der Waals surface area contributed by atoms with E-state index in [9.17, 15) is 9.59 Å². The number of hydrogen-bond acceptors (Lipinski definition) is 4. The van der Waals surface area contributed by atoms with E-state index < -0.39 is 16.3 Å². The Morgan fingerprint density at radius 3 is 2.17 bits per heavy atom. The van der Waals surface area contributed by atoms with Crippen LogP contribution in [-0.2, 0) is 19.1 Å². The van der Waals surface area contributed by atoms with Gasteiger partial charge < -0.3 is 9.47 Å². The highest BCUT2D eigenvalue weighted by atomic mass is 35.5.